The summed E-state index contributed by atoms with van der Waals surface area (Å²) in [6.45, 7) is 1.10. The fourth-order valence-corrected chi connectivity index (χ4v) is 4.85. The molecule has 1 spiro atoms. The van der Waals surface area contributed by atoms with E-state index in [1.54, 1.807) is 11.0 Å². The summed E-state index contributed by atoms with van der Waals surface area (Å²) in [5.74, 6) is 0.0920. The average Bonchev–Trinajstić information content (AvgIpc) is 3.32. The molecule has 2 heterocycles. The molecule has 3 aromatic rings. The number of piperidine rings is 1. The molecular formula is C25H28N6O2. The van der Waals surface area contributed by atoms with Crippen LogP contribution in [0.2, 0.25) is 0 Å². The van der Waals surface area contributed by atoms with Crippen LogP contribution in [0, 0.1) is 0 Å². The normalized spacial score (nSPS) is 18.9. The van der Waals surface area contributed by atoms with E-state index in [-0.39, 0.29) is 23.5 Å². The number of benzene rings is 2. The minimum atomic E-state index is -0.251. The first-order chi connectivity index (χ1) is 16.1. The van der Waals surface area contributed by atoms with Crippen molar-refractivity contribution in [1.29, 1.82) is 0 Å². The molecule has 0 radical (unpaired) electrons. The highest BCUT2D eigenvalue weighted by Crippen LogP contribution is 2.38. The highest BCUT2D eigenvalue weighted by atomic mass is 16.2. The maximum absolute atomic E-state index is 12.7. The molecule has 2 aliphatic rings. The Morgan fingerprint density at radius 3 is 2.70 bits per heavy atom. The van der Waals surface area contributed by atoms with Gasteiger partial charge in [-0.15, -0.1) is 0 Å². The standard InChI is InChI=1S/C25H28N6O2/c32-23-11-10-22(25(30-23)12-3-13-25)29-24(33)27-14-20-4-1-2-5-21(20)19-8-6-18(7-9-19)15-31-17-26-16-28-31/h1-2,4-9,16-17,22H,3,10-15H2,(H,30,32)(H2,27,29,33). The van der Waals surface area contributed by atoms with Crippen molar-refractivity contribution >= 4 is 11.9 Å². The molecule has 5 rings (SSSR count). The predicted octanol–water partition coefficient (Wildman–Crippen LogP) is 2.99. The van der Waals surface area contributed by atoms with E-state index in [1.807, 2.05) is 18.2 Å². The van der Waals surface area contributed by atoms with Crippen molar-refractivity contribution in [2.24, 2.45) is 0 Å². The van der Waals surface area contributed by atoms with Gasteiger partial charge in [-0.3, -0.25) is 4.79 Å². The van der Waals surface area contributed by atoms with Gasteiger partial charge in [-0.25, -0.2) is 14.5 Å². The molecule has 8 heteroatoms. The molecule has 8 nitrogen and oxygen atoms in total. The second kappa shape index (κ2) is 9.05. The average molecular weight is 445 g/mol. The maximum atomic E-state index is 12.7. The Balaban J connectivity index is 1.22. The van der Waals surface area contributed by atoms with Gasteiger partial charge in [0.25, 0.3) is 0 Å². The number of rotatable bonds is 6. The van der Waals surface area contributed by atoms with Crippen LogP contribution in [0.15, 0.2) is 61.2 Å². The van der Waals surface area contributed by atoms with Crippen LogP contribution in [-0.4, -0.2) is 38.3 Å². The first kappa shape index (κ1) is 21.2. The van der Waals surface area contributed by atoms with Crippen LogP contribution in [-0.2, 0) is 17.9 Å². The lowest BCUT2D eigenvalue weighted by Crippen LogP contribution is -2.69. The summed E-state index contributed by atoms with van der Waals surface area (Å²) in [5.41, 5.74) is 4.12. The minimum absolute atomic E-state index is 0.0169. The number of urea groups is 1. The smallest absolute Gasteiger partial charge is 0.315 e. The molecule has 1 atom stereocenters. The van der Waals surface area contributed by atoms with Crippen LogP contribution in [0.5, 0.6) is 0 Å². The zero-order valence-corrected chi connectivity index (χ0v) is 18.5. The van der Waals surface area contributed by atoms with Crippen LogP contribution in [0.3, 0.4) is 0 Å². The third-order valence-corrected chi connectivity index (χ3v) is 6.80. The summed E-state index contributed by atoms with van der Waals surface area (Å²) in [7, 11) is 0. The highest BCUT2D eigenvalue weighted by Gasteiger charge is 2.48. The molecule has 170 valence electrons. The third kappa shape index (κ3) is 4.60. The van der Waals surface area contributed by atoms with Crippen LogP contribution >= 0.6 is 0 Å². The van der Waals surface area contributed by atoms with E-state index >= 15 is 0 Å². The maximum Gasteiger partial charge on any atom is 0.315 e. The number of carbonyl (C=O) groups excluding carboxylic acids is 2. The molecule has 1 aliphatic heterocycles. The SMILES string of the molecule is O=C1CCC(NC(=O)NCc2ccccc2-c2ccc(Cn3cncn3)cc2)C2(CCC2)N1. The summed E-state index contributed by atoms with van der Waals surface area (Å²) in [4.78, 5) is 28.5. The number of nitrogens with zero attached hydrogens (tertiary/aromatic N) is 3. The van der Waals surface area contributed by atoms with E-state index < -0.39 is 0 Å². The van der Waals surface area contributed by atoms with Crippen molar-refractivity contribution in [3.8, 4) is 11.1 Å². The summed E-state index contributed by atoms with van der Waals surface area (Å²) >= 11 is 0. The fraction of sp³-hybridized carbons (Fsp3) is 0.360. The van der Waals surface area contributed by atoms with Crippen molar-refractivity contribution in [2.75, 3.05) is 0 Å². The van der Waals surface area contributed by atoms with E-state index in [2.05, 4.69) is 56.4 Å². The predicted molar refractivity (Wildman–Crippen MR) is 124 cm³/mol. The zero-order valence-electron chi connectivity index (χ0n) is 18.5. The van der Waals surface area contributed by atoms with Gasteiger partial charge in [0.2, 0.25) is 5.91 Å². The molecule has 1 aliphatic carbocycles. The highest BCUT2D eigenvalue weighted by molar-refractivity contribution is 5.80. The Hall–Kier alpha value is -3.68. The van der Waals surface area contributed by atoms with Gasteiger partial charge in [-0.2, -0.15) is 5.10 Å². The van der Waals surface area contributed by atoms with Crippen molar-refractivity contribution in [3.05, 3.63) is 72.3 Å². The van der Waals surface area contributed by atoms with Gasteiger partial charge in [0.1, 0.15) is 12.7 Å². The number of hydrogen-bond donors (Lipinski definition) is 3. The van der Waals surface area contributed by atoms with Gasteiger partial charge in [0.15, 0.2) is 0 Å². The number of nitrogens with one attached hydrogen (secondary N) is 3. The monoisotopic (exact) mass is 444 g/mol. The van der Waals surface area contributed by atoms with Crippen LogP contribution in [0.4, 0.5) is 4.79 Å². The Morgan fingerprint density at radius 1 is 1.15 bits per heavy atom. The zero-order chi connectivity index (χ0) is 22.7. The van der Waals surface area contributed by atoms with Gasteiger partial charge in [0.05, 0.1) is 18.1 Å². The number of amides is 3. The van der Waals surface area contributed by atoms with Gasteiger partial charge < -0.3 is 16.0 Å². The van der Waals surface area contributed by atoms with Crippen molar-refractivity contribution in [3.63, 3.8) is 0 Å². The molecule has 2 fully saturated rings. The molecule has 33 heavy (non-hydrogen) atoms. The fourth-order valence-electron chi connectivity index (χ4n) is 4.85. The van der Waals surface area contributed by atoms with Gasteiger partial charge in [-0.05, 0) is 47.9 Å². The van der Waals surface area contributed by atoms with Crippen LogP contribution in [0.1, 0.15) is 43.2 Å². The molecule has 1 unspecified atom stereocenters. The Labute approximate surface area is 192 Å². The molecule has 3 amide bonds. The number of hydrogen-bond acceptors (Lipinski definition) is 4. The third-order valence-electron chi connectivity index (χ3n) is 6.80. The molecule has 1 saturated heterocycles. The Kier molecular flexibility index (Phi) is 5.81. The molecule has 2 aromatic carbocycles. The van der Waals surface area contributed by atoms with Crippen LogP contribution < -0.4 is 16.0 Å². The second-order valence-electron chi connectivity index (χ2n) is 8.92. The largest absolute Gasteiger partial charge is 0.349 e. The first-order valence-corrected chi connectivity index (χ1v) is 11.5. The van der Waals surface area contributed by atoms with E-state index in [1.165, 1.54) is 6.33 Å². The minimum Gasteiger partial charge on any atom is -0.349 e. The summed E-state index contributed by atoms with van der Waals surface area (Å²) in [5, 5.41) is 13.4. The lowest BCUT2D eigenvalue weighted by Gasteiger charge is -2.50. The quantitative estimate of drug-likeness (QED) is 0.544. The van der Waals surface area contributed by atoms with Crippen LogP contribution in [0.25, 0.3) is 11.1 Å². The van der Waals surface area contributed by atoms with Gasteiger partial charge >= 0.3 is 6.03 Å². The van der Waals surface area contributed by atoms with Crippen molar-refractivity contribution < 1.29 is 9.59 Å². The topological polar surface area (TPSA) is 101 Å². The summed E-state index contributed by atoms with van der Waals surface area (Å²) < 4.78 is 1.79. The number of aromatic nitrogens is 3. The van der Waals surface area contributed by atoms with E-state index in [0.717, 1.165) is 41.5 Å². The second-order valence-corrected chi connectivity index (χ2v) is 8.92. The lowest BCUT2D eigenvalue weighted by molar-refractivity contribution is -0.127. The van der Waals surface area contributed by atoms with Gasteiger partial charge in [0, 0.05) is 13.0 Å². The molecule has 1 saturated carbocycles. The molecular weight excluding hydrogens is 416 g/mol. The molecule has 1 aromatic heterocycles. The molecule has 3 N–H and O–H groups in total. The van der Waals surface area contributed by atoms with E-state index in [0.29, 0.717) is 25.9 Å². The Bertz CT molecular complexity index is 1120. The number of carbonyl (C=O) groups is 2. The van der Waals surface area contributed by atoms with E-state index in [9.17, 15) is 9.59 Å². The summed E-state index contributed by atoms with van der Waals surface area (Å²) in [6.07, 6.45) is 7.33. The van der Waals surface area contributed by atoms with E-state index in [4.69, 9.17) is 0 Å². The molecule has 0 bridgehead atoms. The first-order valence-electron chi connectivity index (χ1n) is 11.5. The Morgan fingerprint density at radius 2 is 1.97 bits per heavy atom. The lowest BCUT2D eigenvalue weighted by atomic mass is 9.68. The summed E-state index contributed by atoms with van der Waals surface area (Å²) in [6, 6.07) is 16.2. The van der Waals surface area contributed by atoms with Crippen molar-refractivity contribution in [1.82, 2.24) is 30.7 Å². The van der Waals surface area contributed by atoms with Crippen molar-refractivity contribution in [2.45, 2.75) is 56.8 Å². The van der Waals surface area contributed by atoms with Gasteiger partial charge in [-0.1, -0.05) is 48.5 Å².